The van der Waals surface area contributed by atoms with Crippen LogP contribution in [0.4, 0.5) is 17.1 Å². The second-order valence-electron chi connectivity index (χ2n) is 10.4. The first kappa shape index (κ1) is 26.4. The number of carbonyl (C=O) groups is 2. The molecule has 1 aliphatic heterocycles. The van der Waals surface area contributed by atoms with E-state index in [0.29, 0.717) is 18.4 Å². The summed E-state index contributed by atoms with van der Waals surface area (Å²) >= 11 is 0. The van der Waals surface area contributed by atoms with Crippen molar-refractivity contribution in [2.24, 2.45) is 0 Å². The highest BCUT2D eigenvalue weighted by molar-refractivity contribution is 6.06. The van der Waals surface area contributed by atoms with E-state index in [1.165, 1.54) is 6.07 Å². The van der Waals surface area contributed by atoms with Gasteiger partial charge in [0, 0.05) is 36.2 Å². The summed E-state index contributed by atoms with van der Waals surface area (Å²) in [4.78, 5) is 40.8. The molecule has 5 rings (SSSR count). The molecule has 0 spiro atoms. The first-order valence-electron chi connectivity index (χ1n) is 13.6. The average molecular weight is 524 g/mol. The van der Waals surface area contributed by atoms with Crippen LogP contribution in [0.3, 0.4) is 0 Å². The number of fused-ring (bicyclic) bond motifs is 1. The molecule has 7 heteroatoms. The topological polar surface area (TPSA) is 92.6 Å². The van der Waals surface area contributed by atoms with Crippen molar-refractivity contribution >= 4 is 28.8 Å². The van der Waals surface area contributed by atoms with Gasteiger partial charge in [-0.2, -0.15) is 0 Å². The minimum Gasteiger partial charge on any atom is -0.357 e. The molecule has 0 saturated carbocycles. The first-order valence-corrected chi connectivity index (χ1v) is 13.6. The van der Waals surface area contributed by atoms with Crippen LogP contribution in [0, 0.1) is 17.0 Å². The molecular weight excluding hydrogens is 490 g/mol. The molecule has 3 aromatic rings. The van der Waals surface area contributed by atoms with Crippen LogP contribution in [0.25, 0.3) is 0 Å². The zero-order chi connectivity index (χ0) is 27.5. The summed E-state index contributed by atoms with van der Waals surface area (Å²) in [6, 6.07) is 21.7. The number of Topliss-reactive ketones (excluding diaryl/α,β-unsaturated/α-hetero) is 1. The van der Waals surface area contributed by atoms with Crippen molar-refractivity contribution in [3.8, 4) is 0 Å². The molecule has 1 aliphatic carbocycles. The highest BCUT2D eigenvalue weighted by Gasteiger charge is 2.41. The van der Waals surface area contributed by atoms with Gasteiger partial charge in [-0.05, 0) is 48.9 Å². The lowest BCUT2D eigenvalue weighted by Gasteiger charge is -2.35. The summed E-state index contributed by atoms with van der Waals surface area (Å²) in [6.45, 7) is 4.13. The number of rotatable bonds is 7. The van der Waals surface area contributed by atoms with Crippen LogP contribution >= 0.6 is 0 Å². The number of nitrogens with zero attached hydrogens (tertiary/aromatic N) is 2. The molecule has 1 N–H and O–H groups in total. The predicted octanol–water partition coefficient (Wildman–Crippen LogP) is 7.38. The van der Waals surface area contributed by atoms with Gasteiger partial charge in [-0.15, -0.1) is 0 Å². The highest BCUT2D eigenvalue weighted by Crippen LogP contribution is 2.47. The van der Waals surface area contributed by atoms with E-state index in [1.807, 2.05) is 66.4 Å². The van der Waals surface area contributed by atoms with Crippen LogP contribution in [0.1, 0.15) is 74.1 Å². The normalized spacial score (nSPS) is 18.6. The monoisotopic (exact) mass is 523 g/mol. The van der Waals surface area contributed by atoms with Gasteiger partial charge in [0.15, 0.2) is 5.78 Å². The van der Waals surface area contributed by atoms with Crippen molar-refractivity contribution in [1.29, 1.82) is 0 Å². The molecule has 2 aliphatic rings. The molecular formula is C32H33N3O4. The van der Waals surface area contributed by atoms with Crippen LogP contribution in [0.2, 0.25) is 0 Å². The van der Waals surface area contributed by atoms with Gasteiger partial charge in [0.2, 0.25) is 5.91 Å². The number of hydrogen-bond donors (Lipinski definition) is 1. The lowest BCUT2D eigenvalue weighted by atomic mass is 9.78. The predicted molar refractivity (Wildman–Crippen MR) is 153 cm³/mol. The number of aryl methyl sites for hydroxylation is 1. The molecule has 200 valence electrons. The number of nitro benzene ring substituents is 1. The number of unbranched alkanes of at least 4 members (excludes halogenated alkanes) is 2. The number of ketones is 1. The lowest BCUT2D eigenvalue weighted by Crippen LogP contribution is -2.38. The van der Waals surface area contributed by atoms with Gasteiger partial charge in [-0.1, -0.05) is 73.9 Å². The number of allylic oxidation sites excluding steroid dienone is 1. The Kier molecular flexibility index (Phi) is 7.59. The van der Waals surface area contributed by atoms with E-state index in [9.17, 15) is 19.7 Å². The van der Waals surface area contributed by atoms with E-state index < -0.39 is 11.0 Å². The van der Waals surface area contributed by atoms with E-state index >= 15 is 0 Å². The lowest BCUT2D eigenvalue weighted by molar-refractivity contribution is -0.384. The first-order chi connectivity index (χ1) is 18.9. The van der Waals surface area contributed by atoms with Crippen molar-refractivity contribution in [3.63, 3.8) is 0 Å². The van der Waals surface area contributed by atoms with E-state index in [4.69, 9.17) is 0 Å². The van der Waals surface area contributed by atoms with Crippen molar-refractivity contribution < 1.29 is 14.5 Å². The molecule has 0 fully saturated rings. The van der Waals surface area contributed by atoms with Crippen LogP contribution in [0.15, 0.2) is 84.1 Å². The van der Waals surface area contributed by atoms with Gasteiger partial charge in [0.05, 0.1) is 22.3 Å². The number of carbonyl (C=O) groups excluding carboxylic acids is 2. The minimum absolute atomic E-state index is 0.00867. The highest BCUT2D eigenvalue weighted by atomic mass is 16.6. The number of nitro groups is 1. The zero-order valence-electron chi connectivity index (χ0n) is 22.4. The zero-order valence-corrected chi connectivity index (χ0v) is 22.4. The third-order valence-electron chi connectivity index (χ3n) is 7.70. The van der Waals surface area contributed by atoms with Crippen LogP contribution in [-0.4, -0.2) is 16.6 Å². The summed E-state index contributed by atoms with van der Waals surface area (Å²) in [6.07, 6.45) is 3.90. The molecule has 3 aromatic carbocycles. The van der Waals surface area contributed by atoms with Gasteiger partial charge in [-0.3, -0.25) is 24.6 Å². The molecule has 0 aromatic heterocycles. The number of para-hydroxylation sites is 2. The number of nitrogens with one attached hydrogen (secondary N) is 1. The smallest absolute Gasteiger partial charge is 0.269 e. The second-order valence-corrected chi connectivity index (χ2v) is 10.4. The maximum absolute atomic E-state index is 14.0. The molecule has 2 unspecified atom stereocenters. The van der Waals surface area contributed by atoms with Crippen molar-refractivity contribution in [2.75, 3.05) is 10.2 Å². The summed E-state index contributed by atoms with van der Waals surface area (Å²) in [5.41, 5.74) is 5.65. The maximum Gasteiger partial charge on any atom is 0.269 e. The number of anilines is 2. The van der Waals surface area contributed by atoms with Gasteiger partial charge < -0.3 is 5.32 Å². The Hall–Kier alpha value is -4.26. The standard InChI is InChI=1S/C32H33N3O4/c1-3-4-5-13-30(37)34-28-12-7-6-11-26(28)33-27-19-24(23-9-8-10-25(18-23)35(38)39)20-29(36)31(27)32(34)22-16-14-21(2)15-17-22/h6-12,14-18,24,32-33H,3-5,13,19-20H2,1-2H3. The number of non-ortho nitro benzene ring substituents is 1. The molecule has 2 atom stereocenters. The minimum atomic E-state index is -0.565. The Balaban J connectivity index is 1.65. The average Bonchev–Trinajstić information content (AvgIpc) is 3.08. The quantitative estimate of drug-likeness (QED) is 0.198. The Morgan fingerprint density at radius 3 is 2.51 bits per heavy atom. The Labute approximate surface area is 228 Å². The van der Waals surface area contributed by atoms with Crippen LogP contribution in [-0.2, 0) is 9.59 Å². The van der Waals surface area contributed by atoms with Gasteiger partial charge in [-0.25, -0.2) is 0 Å². The third kappa shape index (κ3) is 5.35. The molecule has 39 heavy (non-hydrogen) atoms. The fourth-order valence-electron chi connectivity index (χ4n) is 5.70. The molecule has 0 bridgehead atoms. The van der Waals surface area contributed by atoms with Crippen molar-refractivity contribution in [1.82, 2.24) is 0 Å². The largest absolute Gasteiger partial charge is 0.357 e. The summed E-state index contributed by atoms with van der Waals surface area (Å²) < 4.78 is 0. The molecule has 0 radical (unpaired) electrons. The Bertz CT molecular complexity index is 1440. The summed E-state index contributed by atoms with van der Waals surface area (Å²) in [5.74, 6) is -0.267. The van der Waals surface area contributed by atoms with Crippen molar-refractivity contribution in [2.45, 2.75) is 64.3 Å². The third-order valence-corrected chi connectivity index (χ3v) is 7.70. The molecule has 1 amide bonds. The molecule has 1 heterocycles. The Morgan fingerprint density at radius 1 is 1.00 bits per heavy atom. The maximum atomic E-state index is 14.0. The fourth-order valence-corrected chi connectivity index (χ4v) is 5.70. The molecule has 0 saturated heterocycles. The fraction of sp³-hybridized carbons (Fsp3) is 0.312. The number of amides is 1. The number of hydrogen-bond acceptors (Lipinski definition) is 5. The van der Waals surface area contributed by atoms with E-state index in [-0.39, 0.29) is 29.7 Å². The van der Waals surface area contributed by atoms with Gasteiger partial charge in [0.25, 0.3) is 5.69 Å². The van der Waals surface area contributed by atoms with Gasteiger partial charge in [0.1, 0.15) is 0 Å². The number of benzene rings is 3. The van der Waals surface area contributed by atoms with Crippen molar-refractivity contribution in [3.05, 3.63) is 111 Å². The molecule has 7 nitrogen and oxygen atoms in total. The summed E-state index contributed by atoms with van der Waals surface area (Å²) in [5, 5.41) is 14.9. The van der Waals surface area contributed by atoms with E-state index in [0.717, 1.165) is 53.0 Å². The second kappa shape index (κ2) is 11.2. The van der Waals surface area contributed by atoms with Crippen LogP contribution in [0.5, 0.6) is 0 Å². The SMILES string of the molecule is CCCCCC(=O)N1c2ccccc2NC2=C(C(=O)CC(c3cccc([N+](=O)[O-])c3)C2)C1c1ccc(C)cc1. The van der Waals surface area contributed by atoms with Crippen LogP contribution < -0.4 is 10.2 Å². The van der Waals surface area contributed by atoms with E-state index in [2.05, 4.69) is 12.2 Å². The summed E-state index contributed by atoms with van der Waals surface area (Å²) in [7, 11) is 0. The van der Waals surface area contributed by atoms with Gasteiger partial charge >= 0.3 is 0 Å². The Morgan fingerprint density at radius 2 is 1.77 bits per heavy atom. The van der Waals surface area contributed by atoms with E-state index in [1.54, 1.807) is 12.1 Å².